The third-order valence-corrected chi connectivity index (χ3v) is 3.45. The van der Waals surface area contributed by atoms with E-state index in [1.807, 2.05) is 32.2 Å². The van der Waals surface area contributed by atoms with Gasteiger partial charge in [0.05, 0.1) is 14.2 Å². The van der Waals surface area contributed by atoms with Crippen LogP contribution in [0.25, 0.3) is 11.4 Å². The lowest BCUT2D eigenvalue weighted by atomic mass is 10.1. The Kier molecular flexibility index (Phi) is 4.62. The molecule has 0 atom stereocenters. The summed E-state index contributed by atoms with van der Waals surface area (Å²) in [6.07, 6.45) is 0.897. The van der Waals surface area contributed by atoms with Crippen LogP contribution in [0.15, 0.2) is 18.2 Å². The zero-order chi connectivity index (χ0) is 15.4. The van der Waals surface area contributed by atoms with E-state index in [-0.39, 0.29) is 0 Å². The topological polar surface area (TPSA) is 56.3 Å². The van der Waals surface area contributed by atoms with Crippen LogP contribution in [0.4, 0.5) is 5.82 Å². The average molecular weight is 287 g/mol. The van der Waals surface area contributed by atoms with Crippen LogP contribution >= 0.6 is 0 Å². The fourth-order valence-corrected chi connectivity index (χ4v) is 2.33. The maximum Gasteiger partial charge on any atom is 0.161 e. The monoisotopic (exact) mass is 287 g/mol. The van der Waals surface area contributed by atoms with E-state index in [2.05, 4.69) is 22.2 Å². The predicted molar refractivity (Wildman–Crippen MR) is 84.2 cm³/mol. The molecule has 21 heavy (non-hydrogen) atoms. The highest BCUT2D eigenvalue weighted by Gasteiger charge is 2.12. The number of aromatic nitrogens is 2. The number of hydrogen-bond acceptors (Lipinski definition) is 5. The van der Waals surface area contributed by atoms with Crippen LogP contribution in [0.3, 0.4) is 0 Å². The number of aryl methyl sites for hydroxylation is 1. The zero-order valence-corrected chi connectivity index (χ0v) is 13.2. The fraction of sp³-hybridized carbons (Fsp3) is 0.375. The van der Waals surface area contributed by atoms with Crippen LogP contribution in [-0.4, -0.2) is 31.2 Å². The van der Waals surface area contributed by atoms with Crippen molar-refractivity contribution in [2.24, 2.45) is 0 Å². The first-order valence-corrected chi connectivity index (χ1v) is 6.92. The Morgan fingerprint density at radius 3 is 2.38 bits per heavy atom. The van der Waals surface area contributed by atoms with Gasteiger partial charge < -0.3 is 14.8 Å². The van der Waals surface area contributed by atoms with Crippen molar-refractivity contribution in [3.63, 3.8) is 0 Å². The van der Waals surface area contributed by atoms with Crippen molar-refractivity contribution >= 4 is 5.82 Å². The van der Waals surface area contributed by atoms with Crippen molar-refractivity contribution in [3.8, 4) is 22.9 Å². The van der Waals surface area contributed by atoms with E-state index in [1.165, 1.54) is 0 Å². The summed E-state index contributed by atoms with van der Waals surface area (Å²) in [6.45, 7) is 4.11. The van der Waals surface area contributed by atoms with Crippen LogP contribution in [0.2, 0.25) is 0 Å². The minimum Gasteiger partial charge on any atom is -0.493 e. The van der Waals surface area contributed by atoms with Gasteiger partial charge in [0.15, 0.2) is 17.3 Å². The van der Waals surface area contributed by atoms with E-state index >= 15 is 0 Å². The SMILES string of the molecule is CCc1c(C)nc(-c2ccc(OC)c(OC)c2)nc1NC. The largest absolute Gasteiger partial charge is 0.493 e. The Labute approximate surface area is 125 Å². The average Bonchev–Trinajstić information content (AvgIpc) is 2.53. The number of nitrogens with zero attached hydrogens (tertiary/aromatic N) is 2. The second-order valence-corrected chi connectivity index (χ2v) is 4.63. The lowest BCUT2D eigenvalue weighted by molar-refractivity contribution is 0.355. The van der Waals surface area contributed by atoms with Gasteiger partial charge in [0.1, 0.15) is 5.82 Å². The molecule has 0 spiro atoms. The van der Waals surface area contributed by atoms with E-state index in [0.717, 1.165) is 29.1 Å². The van der Waals surface area contributed by atoms with Gasteiger partial charge in [-0.05, 0) is 31.5 Å². The predicted octanol–water partition coefficient (Wildman–Crippen LogP) is 3.07. The van der Waals surface area contributed by atoms with E-state index in [1.54, 1.807) is 14.2 Å². The van der Waals surface area contributed by atoms with Gasteiger partial charge in [-0.3, -0.25) is 0 Å². The number of rotatable bonds is 5. The van der Waals surface area contributed by atoms with Crippen molar-refractivity contribution in [2.75, 3.05) is 26.6 Å². The molecule has 2 aromatic rings. The minimum absolute atomic E-state index is 0.668. The van der Waals surface area contributed by atoms with Gasteiger partial charge in [-0.1, -0.05) is 6.92 Å². The van der Waals surface area contributed by atoms with E-state index in [0.29, 0.717) is 17.3 Å². The molecule has 0 radical (unpaired) electrons. The maximum atomic E-state index is 5.33. The lowest BCUT2D eigenvalue weighted by Gasteiger charge is -2.13. The van der Waals surface area contributed by atoms with Crippen LogP contribution in [0, 0.1) is 6.92 Å². The summed E-state index contributed by atoms with van der Waals surface area (Å²) in [5.74, 6) is 2.91. The molecule has 0 saturated heterocycles. The van der Waals surface area contributed by atoms with E-state index in [4.69, 9.17) is 9.47 Å². The highest BCUT2D eigenvalue weighted by atomic mass is 16.5. The molecule has 1 aromatic heterocycles. The molecule has 0 bridgehead atoms. The molecule has 5 heteroatoms. The first kappa shape index (κ1) is 15.1. The molecule has 1 heterocycles. The van der Waals surface area contributed by atoms with E-state index < -0.39 is 0 Å². The molecular formula is C16H21N3O2. The van der Waals surface area contributed by atoms with Crippen LogP contribution in [0.5, 0.6) is 11.5 Å². The molecule has 0 aliphatic carbocycles. The summed E-state index contributed by atoms with van der Waals surface area (Å²) >= 11 is 0. The van der Waals surface area contributed by atoms with Crippen molar-refractivity contribution in [2.45, 2.75) is 20.3 Å². The Morgan fingerprint density at radius 1 is 1.10 bits per heavy atom. The third kappa shape index (κ3) is 2.91. The first-order valence-electron chi connectivity index (χ1n) is 6.92. The Balaban J connectivity index is 2.54. The standard InChI is InChI=1S/C16H21N3O2/c1-6-12-10(2)18-15(19-16(12)17-3)11-7-8-13(20-4)14(9-11)21-5/h7-9H,6H2,1-5H3,(H,17,18,19). The molecular weight excluding hydrogens is 266 g/mol. The second kappa shape index (κ2) is 6.43. The van der Waals surface area contributed by atoms with Gasteiger partial charge in [-0.25, -0.2) is 9.97 Å². The van der Waals surface area contributed by atoms with Crippen LogP contribution in [0.1, 0.15) is 18.2 Å². The molecule has 0 aliphatic rings. The highest BCUT2D eigenvalue weighted by molar-refractivity contribution is 5.63. The van der Waals surface area contributed by atoms with Crippen molar-refractivity contribution in [1.29, 1.82) is 0 Å². The van der Waals surface area contributed by atoms with E-state index in [9.17, 15) is 0 Å². The smallest absolute Gasteiger partial charge is 0.161 e. The molecule has 112 valence electrons. The molecule has 1 N–H and O–H groups in total. The number of ether oxygens (including phenoxy) is 2. The zero-order valence-electron chi connectivity index (χ0n) is 13.2. The normalized spacial score (nSPS) is 10.3. The minimum atomic E-state index is 0.668. The Morgan fingerprint density at radius 2 is 1.81 bits per heavy atom. The van der Waals surface area contributed by atoms with Crippen molar-refractivity contribution in [3.05, 3.63) is 29.5 Å². The Hall–Kier alpha value is -2.30. The number of benzene rings is 1. The lowest BCUT2D eigenvalue weighted by Crippen LogP contribution is -2.05. The summed E-state index contributed by atoms with van der Waals surface area (Å²) in [7, 11) is 5.11. The summed E-state index contributed by atoms with van der Waals surface area (Å²) in [5.41, 5.74) is 3.03. The quantitative estimate of drug-likeness (QED) is 0.916. The van der Waals surface area contributed by atoms with Gasteiger partial charge in [0.2, 0.25) is 0 Å². The maximum absolute atomic E-state index is 5.33. The van der Waals surface area contributed by atoms with Crippen molar-refractivity contribution < 1.29 is 9.47 Å². The number of hydrogen-bond donors (Lipinski definition) is 1. The van der Waals surface area contributed by atoms with Gasteiger partial charge in [-0.15, -0.1) is 0 Å². The molecule has 0 amide bonds. The molecule has 0 fully saturated rings. The van der Waals surface area contributed by atoms with Crippen LogP contribution in [-0.2, 0) is 6.42 Å². The highest BCUT2D eigenvalue weighted by Crippen LogP contribution is 2.32. The third-order valence-electron chi connectivity index (χ3n) is 3.45. The van der Waals surface area contributed by atoms with Gasteiger partial charge >= 0.3 is 0 Å². The summed E-state index contributed by atoms with van der Waals surface area (Å²) in [6, 6.07) is 5.68. The summed E-state index contributed by atoms with van der Waals surface area (Å²) in [4.78, 5) is 9.21. The first-order chi connectivity index (χ1) is 10.1. The molecule has 0 saturated carbocycles. The van der Waals surface area contributed by atoms with Gasteiger partial charge in [-0.2, -0.15) is 0 Å². The molecule has 0 aliphatic heterocycles. The molecule has 1 aromatic carbocycles. The fourth-order valence-electron chi connectivity index (χ4n) is 2.33. The van der Waals surface area contributed by atoms with Crippen molar-refractivity contribution in [1.82, 2.24) is 9.97 Å². The van der Waals surface area contributed by atoms with Crippen LogP contribution < -0.4 is 14.8 Å². The summed E-state index contributed by atoms with van der Waals surface area (Å²) < 4.78 is 10.6. The molecule has 5 nitrogen and oxygen atoms in total. The number of nitrogens with one attached hydrogen (secondary N) is 1. The van der Waals surface area contributed by atoms with Gasteiger partial charge in [0, 0.05) is 23.9 Å². The second-order valence-electron chi connectivity index (χ2n) is 4.63. The molecule has 0 unspecified atom stereocenters. The molecule has 2 rings (SSSR count). The van der Waals surface area contributed by atoms with Gasteiger partial charge in [0.25, 0.3) is 0 Å². The summed E-state index contributed by atoms with van der Waals surface area (Å²) in [5, 5.41) is 3.14. The Bertz CT molecular complexity index is 642. The number of anilines is 1. The number of methoxy groups -OCH3 is 2.